The van der Waals surface area contributed by atoms with Gasteiger partial charge in [-0.3, -0.25) is 0 Å². The van der Waals surface area contributed by atoms with E-state index in [1.807, 2.05) is 13.8 Å². The molecule has 0 aromatic rings. The summed E-state index contributed by atoms with van der Waals surface area (Å²) in [6.07, 6.45) is 2.36. The molecule has 0 aromatic heterocycles. The second kappa shape index (κ2) is 6.68. The van der Waals surface area contributed by atoms with Gasteiger partial charge in [0.2, 0.25) is 10.0 Å². The first-order valence-electron chi connectivity index (χ1n) is 6.23. The Morgan fingerprint density at radius 1 is 1.47 bits per heavy atom. The van der Waals surface area contributed by atoms with Crippen molar-refractivity contribution in [2.75, 3.05) is 32.6 Å². The molecule has 1 aliphatic rings. The van der Waals surface area contributed by atoms with E-state index < -0.39 is 10.0 Å². The van der Waals surface area contributed by atoms with Crippen molar-refractivity contribution in [3.63, 3.8) is 0 Å². The van der Waals surface area contributed by atoms with E-state index in [1.165, 1.54) is 17.1 Å². The third kappa shape index (κ3) is 4.91. The molecule has 1 atom stereocenters. The predicted octanol–water partition coefficient (Wildman–Crippen LogP) is 0.425. The van der Waals surface area contributed by atoms with E-state index in [-0.39, 0.29) is 11.8 Å². The fraction of sp³-hybridized carbons (Fsp3) is 1.00. The summed E-state index contributed by atoms with van der Waals surface area (Å²) in [4.78, 5) is 0. The molecule has 1 N–H and O–H groups in total. The zero-order chi connectivity index (χ0) is 12.9. The van der Waals surface area contributed by atoms with Gasteiger partial charge in [0.1, 0.15) is 0 Å². The summed E-state index contributed by atoms with van der Waals surface area (Å²) < 4.78 is 30.8. The SMILES string of the molecule is CCN(C(C)COC)S(=O)(=O)CCNC1CC1. The number of nitrogens with one attached hydrogen (secondary N) is 1. The molecule has 5 nitrogen and oxygen atoms in total. The van der Waals surface area contributed by atoms with Gasteiger partial charge in [0.25, 0.3) is 0 Å². The Morgan fingerprint density at radius 2 is 2.12 bits per heavy atom. The monoisotopic (exact) mass is 264 g/mol. The predicted molar refractivity (Wildman–Crippen MR) is 68.5 cm³/mol. The molecule has 0 amide bonds. The summed E-state index contributed by atoms with van der Waals surface area (Å²) in [5, 5.41) is 3.23. The summed E-state index contributed by atoms with van der Waals surface area (Å²) in [5.41, 5.74) is 0. The minimum absolute atomic E-state index is 0.101. The number of hydrogen-bond donors (Lipinski definition) is 1. The minimum atomic E-state index is -3.17. The number of nitrogens with zero attached hydrogens (tertiary/aromatic N) is 1. The van der Waals surface area contributed by atoms with Crippen LogP contribution in [0.5, 0.6) is 0 Å². The van der Waals surface area contributed by atoms with E-state index in [4.69, 9.17) is 4.74 Å². The second-order valence-corrected chi connectivity index (χ2v) is 6.59. The summed E-state index contributed by atoms with van der Waals surface area (Å²) in [5.74, 6) is 0.172. The molecule has 1 rings (SSSR count). The largest absolute Gasteiger partial charge is 0.383 e. The van der Waals surface area contributed by atoms with Crippen LogP contribution in [0.1, 0.15) is 26.7 Å². The Balaban J connectivity index is 2.45. The standard InChI is InChI=1S/C11H24N2O3S/c1-4-13(10(2)9-16-3)17(14,15)8-7-12-11-5-6-11/h10-12H,4-9H2,1-3H3. The number of rotatable bonds is 9. The van der Waals surface area contributed by atoms with E-state index >= 15 is 0 Å². The molecule has 0 spiro atoms. The van der Waals surface area contributed by atoms with Crippen LogP contribution in [-0.2, 0) is 14.8 Å². The molecule has 0 radical (unpaired) electrons. The molecular weight excluding hydrogens is 240 g/mol. The third-order valence-electron chi connectivity index (χ3n) is 2.94. The van der Waals surface area contributed by atoms with E-state index in [0.717, 1.165) is 0 Å². The van der Waals surface area contributed by atoms with Crippen LogP contribution >= 0.6 is 0 Å². The molecule has 0 heterocycles. The van der Waals surface area contributed by atoms with Gasteiger partial charge < -0.3 is 10.1 Å². The van der Waals surface area contributed by atoms with Gasteiger partial charge in [0.05, 0.1) is 12.4 Å². The van der Waals surface area contributed by atoms with Crippen LogP contribution in [-0.4, -0.2) is 57.4 Å². The maximum atomic E-state index is 12.1. The zero-order valence-electron chi connectivity index (χ0n) is 11.0. The lowest BCUT2D eigenvalue weighted by Crippen LogP contribution is -2.43. The van der Waals surface area contributed by atoms with E-state index in [9.17, 15) is 8.42 Å². The van der Waals surface area contributed by atoms with Crippen molar-refractivity contribution in [1.82, 2.24) is 9.62 Å². The number of ether oxygens (including phenoxy) is 1. The van der Waals surface area contributed by atoms with Gasteiger partial charge in [0.15, 0.2) is 0 Å². The van der Waals surface area contributed by atoms with E-state index in [1.54, 1.807) is 7.11 Å². The highest BCUT2D eigenvalue weighted by molar-refractivity contribution is 7.89. The fourth-order valence-electron chi connectivity index (χ4n) is 1.90. The molecule has 102 valence electrons. The van der Waals surface area contributed by atoms with Crippen LogP contribution in [0.2, 0.25) is 0 Å². The zero-order valence-corrected chi connectivity index (χ0v) is 11.8. The van der Waals surface area contributed by atoms with Crippen molar-refractivity contribution in [3.05, 3.63) is 0 Å². The summed E-state index contributed by atoms with van der Waals surface area (Å²) in [6, 6.07) is 0.451. The lowest BCUT2D eigenvalue weighted by atomic mass is 10.4. The molecule has 0 aromatic carbocycles. The Hall–Kier alpha value is -0.170. The van der Waals surface area contributed by atoms with Crippen molar-refractivity contribution in [2.24, 2.45) is 0 Å². The highest BCUT2D eigenvalue weighted by Crippen LogP contribution is 2.18. The smallest absolute Gasteiger partial charge is 0.215 e. The van der Waals surface area contributed by atoms with Crippen LogP contribution in [0.25, 0.3) is 0 Å². The van der Waals surface area contributed by atoms with Crippen molar-refractivity contribution in [2.45, 2.75) is 38.8 Å². The molecule has 0 saturated heterocycles. The van der Waals surface area contributed by atoms with E-state index in [2.05, 4.69) is 5.32 Å². The molecule has 1 aliphatic carbocycles. The van der Waals surface area contributed by atoms with Gasteiger partial charge in [-0.2, -0.15) is 4.31 Å². The minimum Gasteiger partial charge on any atom is -0.383 e. The van der Waals surface area contributed by atoms with Crippen molar-refractivity contribution >= 4 is 10.0 Å². The molecule has 17 heavy (non-hydrogen) atoms. The Morgan fingerprint density at radius 3 is 2.59 bits per heavy atom. The molecule has 1 unspecified atom stereocenters. The van der Waals surface area contributed by atoms with Gasteiger partial charge >= 0.3 is 0 Å². The average Bonchev–Trinajstić information content (AvgIpc) is 3.02. The van der Waals surface area contributed by atoms with Crippen LogP contribution in [0.15, 0.2) is 0 Å². The second-order valence-electron chi connectivity index (χ2n) is 4.55. The lowest BCUT2D eigenvalue weighted by Gasteiger charge is -2.26. The highest BCUT2D eigenvalue weighted by atomic mass is 32.2. The summed E-state index contributed by atoms with van der Waals surface area (Å²) >= 11 is 0. The number of sulfonamides is 1. The first kappa shape index (κ1) is 14.9. The topological polar surface area (TPSA) is 58.6 Å². The number of methoxy groups -OCH3 is 1. The quantitative estimate of drug-likeness (QED) is 0.656. The highest BCUT2D eigenvalue weighted by Gasteiger charge is 2.26. The number of hydrogen-bond acceptors (Lipinski definition) is 4. The van der Waals surface area contributed by atoms with Crippen LogP contribution < -0.4 is 5.32 Å². The van der Waals surface area contributed by atoms with Crippen molar-refractivity contribution in [1.29, 1.82) is 0 Å². The van der Waals surface area contributed by atoms with Crippen LogP contribution in [0.3, 0.4) is 0 Å². The first-order chi connectivity index (χ1) is 8.01. The fourth-order valence-corrected chi connectivity index (χ4v) is 3.52. The molecular formula is C11H24N2O3S. The maximum absolute atomic E-state index is 12.1. The van der Waals surface area contributed by atoms with Gasteiger partial charge in [-0.1, -0.05) is 6.92 Å². The van der Waals surface area contributed by atoms with Gasteiger partial charge in [-0.25, -0.2) is 8.42 Å². The van der Waals surface area contributed by atoms with E-state index in [0.29, 0.717) is 25.7 Å². The maximum Gasteiger partial charge on any atom is 0.215 e. The lowest BCUT2D eigenvalue weighted by molar-refractivity contribution is 0.142. The normalized spacial score (nSPS) is 18.6. The Bertz CT molecular complexity index is 315. The third-order valence-corrected chi connectivity index (χ3v) is 4.99. The van der Waals surface area contributed by atoms with Gasteiger partial charge in [-0.05, 0) is 19.8 Å². The molecule has 0 bridgehead atoms. The van der Waals surface area contributed by atoms with Gasteiger partial charge in [-0.15, -0.1) is 0 Å². The summed E-state index contributed by atoms with van der Waals surface area (Å²) in [7, 11) is -1.58. The Labute approximate surface area is 105 Å². The Kier molecular flexibility index (Phi) is 5.85. The van der Waals surface area contributed by atoms with Gasteiger partial charge in [0, 0.05) is 32.3 Å². The van der Waals surface area contributed by atoms with Crippen molar-refractivity contribution < 1.29 is 13.2 Å². The van der Waals surface area contributed by atoms with Crippen LogP contribution in [0, 0.1) is 0 Å². The summed E-state index contributed by atoms with van der Waals surface area (Å²) in [6.45, 7) is 5.21. The molecule has 0 aliphatic heterocycles. The number of likely N-dealkylation sites (N-methyl/N-ethyl adjacent to an activating group) is 1. The molecule has 6 heteroatoms. The average molecular weight is 264 g/mol. The van der Waals surface area contributed by atoms with Crippen LogP contribution in [0.4, 0.5) is 0 Å². The van der Waals surface area contributed by atoms with Crippen molar-refractivity contribution in [3.8, 4) is 0 Å². The molecule has 1 saturated carbocycles. The first-order valence-corrected chi connectivity index (χ1v) is 7.84. The molecule has 1 fully saturated rings.